The molecule has 1 aliphatic carbocycles. The van der Waals surface area contributed by atoms with Crippen LogP contribution in [0.5, 0.6) is 0 Å². The van der Waals surface area contributed by atoms with Gasteiger partial charge >= 0.3 is 5.97 Å². The van der Waals surface area contributed by atoms with E-state index in [0.717, 1.165) is 12.8 Å². The van der Waals surface area contributed by atoms with Crippen molar-refractivity contribution in [3.63, 3.8) is 0 Å². The molecular formula is C15H27NO4. The van der Waals surface area contributed by atoms with Gasteiger partial charge in [-0.15, -0.1) is 0 Å². The Morgan fingerprint density at radius 3 is 2.40 bits per heavy atom. The summed E-state index contributed by atoms with van der Waals surface area (Å²) in [6.45, 7) is 4.70. The van der Waals surface area contributed by atoms with E-state index in [0.29, 0.717) is 31.7 Å². The molecule has 1 amide bonds. The maximum atomic E-state index is 12.2. The maximum absolute atomic E-state index is 12.2. The van der Waals surface area contributed by atoms with Crippen molar-refractivity contribution in [3.05, 3.63) is 0 Å². The van der Waals surface area contributed by atoms with Gasteiger partial charge in [-0.3, -0.25) is 9.59 Å². The number of hydrogen-bond donors (Lipinski definition) is 3. The first-order valence-corrected chi connectivity index (χ1v) is 7.64. The van der Waals surface area contributed by atoms with Gasteiger partial charge in [-0.1, -0.05) is 26.7 Å². The summed E-state index contributed by atoms with van der Waals surface area (Å²) < 4.78 is 0. The normalized spacial score (nSPS) is 27.2. The molecule has 0 aromatic rings. The molecule has 3 N–H and O–H groups in total. The zero-order valence-electron chi connectivity index (χ0n) is 12.5. The Hall–Kier alpha value is -1.10. The lowest BCUT2D eigenvalue weighted by Gasteiger charge is -2.19. The minimum atomic E-state index is -0.858. The number of nitrogens with one attached hydrogen (secondary N) is 1. The molecular weight excluding hydrogens is 258 g/mol. The van der Waals surface area contributed by atoms with Crippen molar-refractivity contribution in [2.75, 3.05) is 13.2 Å². The molecule has 0 radical (unpaired) electrons. The molecule has 5 heteroatoms. The van der Waals surface area contributed by atoms with E-state index in [1.807, 2.05) is 13.8 Å². The highest BCUT2D eigenvalue weighted by Gasteiger charge is 2.41. The van der Waals surface area contributed by atoms with Gasteiger partial charge in [0.2, 0.25) is 5.91 Å². The van der Waals surface area contributed by atoms with Crippen LogP contribution in [0.15, 0.2) is 0 Å². The summed E-state index contributed by atoms with van der Waals surface area (Å²) in [5, 5.41) is 21.1. The Labute approximate surface area is 120 Å². The van der Waals surface area contributed by atoms with Gasteiger partial charge in [0.25, 0.3) is 0 Å². The van der Waals surface area contributed by atoms with Gasteiger partial charge in [-0.2, -0.15) is 0 Å². The lowest BCUT2D eigenvalue weighted by molar-refractivity contribution is -0.146. The van der Waals surface area contributed by atoms with E-state index in [1.165, 1.54) is 0 Å². The lowest BCUT2D eigenvalue weighted by atomic mass is 9.95. The number of carbonyl (C=O) groups excluding carboxylic acids is 1. The van der Waals surface area contributed by atoms with E-state index in [1.54, 1.807) is 0 Å². The Morgan fingerprint density at radius 1 is 1.25 bits per heavy atom. The Kier molecular flexibility index (Phi) is 6.99. The zero-order valence-corrected chi connectivity index (χ0v) is 12.5. The van der Waals surface area contributed by atoms with Gasteiger partial charge < -0.3 is 15.5 Å². The second kappa shape index (κ2) is 8.25. The van der Waals surface area contributed by atoms with Gasteiger partial charge in [0.1, 0.15) is 0 Å². The molecule has 1 rings (SSSR count). The summed E-state index contributed by atoms with van der Waals surface area (Å²) in [6.07, 6.45) is 3.77. The van der Waals surface area contributed by atoms with Crippen molar-refractivity contribution in [2.45, 2.75) is 46.0 Å². The number of hydrogen-bond acceptors (Lipinski definition) is 3. The zero-order chi connectivity index (χ0) is 15.1. The third kappa shape index (κ3) is 4.47. The largest absolute Gasteiger partial charge is 0.481 e. The molecule has 5 nitrogen and oxygen atoms in total. The van der Waals surface area contributed by atoms with E-state index in [9.17, 15) is 14.7 Å². The standard InChI is InChI=1S/C15H27NO4/c1-3-10(5-6-17)9-16-14(18)12-7-11(4-2)8-13(12)15(19)20/h10-13,17H,3-9H2,1-2H3,(H,16,18)(H,19,20)/t10?,11?,12-,13+/m0/s1. The smallest absolute Gasteiger partial charge is 0.307 e. The summed E-state index contributed by atoms with van der Waals surface area (Å²) >= 11 is 0. The average Bonchev–Trinajstić information content (AvgIpc) is 2.87. The minimum absolute atomic E-state index is 0.119. The molecule has 1 aliphatic rings. The molecule has 116 valence electrons. The number of carbonyl (C=O) groups is 2. The van der Waals surface area contributed by atoms with Crippen LogP contribution in [0.3, 0.4) is 0 Å². The average molecular weight is 285 g/mol. The number of aliphatic hydroxyl groups is 1. The molecule has 1 fully saturated rings. The van der Waals surface area contributed by atoms with E-state index >= 15 is 0 Å². The van der Waals surface area contributed by atoms with Crippen LogP contribution in [-0.4, -0.2) is 35.2 Å². The van der Waals surface area contributed by atoms with Gasteiger partial charge in [-0.25, -0.2) is 0 Å². The summed E-state index contributed by atoms with van der Waals surface area (Å²) in [6, 6.07) is 0. The van der Waals surface area contributed by atoms with Crippen LogP contribution >= 0.6 is 0 Å². The fourth-order valence-corrected chi connectivity index (χ4v) is 3.05. The van der Waals surface area contributed by atoms with E-state index in [-0.39, 0.29) is 18.4 Å². The number of amides is 1. The third-order valence-electron chi connectivity index (χ3n) is 4.57. The molecule has 0 saturated heterocycles. The molecule has 0 spiro atoms. The van der Waals surface area contributed by atoms with Gasteiger partial charge in [0, 0.05) is 13.2 Å². The fourth-order valence-electron chi connectivity index (χ4n) is 3.05. The summed E-state index contributed by atoms with van der Waals surface area (Å²) in [7, 11) is 0. The van der Waals surface area contributed by atoms with Crippen LogP contribution in [-0.2, 0) is 9.59 Å². The second-order valence-electron chi connectivity index (χ2n) is 5.83. The molecule has 0 aromatic heterocycles. The highest BCUT2D eigenvalue weighted by Crippen LogP contribution is 2.38. The molecule has 4 atom stereocenters. The summed E-state index contributed by atoms with van der Waals surface area (Å²) in [5.41, 5.74) is 0. The predicted molar refractivity (Wildman–Crippen MR) is 76.1 cm³/mol. The highest BCUT2D eigenvalue weighted by molar-refractivity contribution is 5.85. The van der Waals surface area contributed by atoms with Crippen LogP contribution in [0, 0.1) is 23.7 Å². The summed E-state index contributed by atoms with van der Waals surface area (Å²) in [4.78, 5) is 23.5. The first kappa shape index (κ1) is 17.0. The number of carboxylic acids is 1. The van der Waals surface area contributed by atoms with Crippen molar-refractivity contribution in [1.82, 2.24) is 5.32 Å². The van der Waals surface area contributed by atoms with Crippen LogP contribution in [0.2, 0.25) is 0 Å². The van der Waals surface area contributed by atoms with E-state index in [4.69, 9.17) is 5.11 Å². The summed E-state index contributed by atoms with van der Waals surface area (Å²) in [5.74, 6) is -1.34. The first-order chi connectivity index (χ1) is 9.53. The van der Waals surface area contributed by atoms with Crippen molar-refractivity contribution in [3.8, 4) is 0 Å². The van der Waals surface area contributed by atoms with Crippen LogP contribution in [0.1, 0.15) is 46.0 Å². The van der Waals surface area contributed by atoms with E-state index < -0.39 is 17.8 Å². The minimum Gasteiger partial charge on any atom is -0.481 e. The van der Waals surface area contributed by atoms with Gasteiger partial charge in [-0.05, 0) is 31.1 Å². The van der Waals surface area contributed by atoms with Crippen LogP contribution < -0.4 is 5.32 Å². The number of carboxylic acid groups (broad SMARTS) is 1. The SMILES string of the molecule is CCC(CCO)CNC(=O)[C@H]1CC(CC)C[C@H]1C(=O)O. The molecule has 0 aromatic carbocycles. The second-order valence-corrected chi connectivity index (χ2v) is 5.83. The quantitative estimate of drug-likeness (QED) is 0.633. The molecule has 0 heterocycles. The van der Waals surface area contributed by atoms with Crippen molar-refractivity contribution in [1.29, 1.82) is 0 Å². The molecule has 2 unspecified atom stereocenters. The fraction of sp³-hybridized carbons (Fsp3) is 0.867. The molecule has 20 heavy (non-hydrogen) atoms. The maximum Gasteiger partial charge on any atom is 0.307 e. The number of aliphatic carboxylic acids is 1. The third-order valence-corrected chi connectivity index (χ3v) is 4.57. The Bertz CT molecular complexity index is 332. The monoisotopic (exact) mass is 285 g/mol. The highest BCUT2D eigenvalue weighted by atomic mass is 16.4. The number of aliphatic hydroxyl groups excluding tert-OH is 1. The molecule has 0 bridgehead atoms. The first-order valence-electron chi connectivity index (χ1n) is 7.64. The Morgan fingerprint density at radius 2 is 1.90 bits per heavy atom. The van der Waals surface area contributed by atoms with Crippen molar-refractivity contribution in [2.24, 2.45) is 23.7 Å². The molecule has 0 aliphatic heterocycles. The Balaban J connectivity index is 2.54. The van der Waals surface area contributed by atoms with E-state index in [2.05, 4.69) is 5.32 Å². The topological polar surface area (TPSA) is 86.6 Å². The van der Waals surface area contributed by atoms with Crippen LogP contribution in [0.25, 0.3) is 0 Å². The predicted octanol–water partition coefficient (Wildman–Crippen LogP) is 1.65. The lowest BCUT2D eigenvalue weighted by Crippen LogP contribution is -2.37. The number of rotatable bonds is 8. The van der Waals surface area contributed by atoms with Gasteiger partial charge in [0.15, 0.2) is 0 Å². The van der Waals surface area contributed by atoms with Crippen molar-refractivity contribution >= 4 is 11.9 Å². The van der Waals surface area contributed by atoms with Gasteiger partial charge in [0.05, 0.1) is 11.8 Å². The van der Waals surface area contributed by atoms with Crippen LogP contribution in [0.4, 0.5) is 0 Å². The van der Waals surface area contributed by atoms with Crippen molar-refractivity contribution < 1.29 is 19.8 Å². The molecule has 1 saturated carbocycles.